The van der Waals surface area contributed by atoms with Gasteiger partial charge < -0.3 is 20.4 Å². The second kappa shape index (κ2) is 15.8. The van der Waals surface area contributed by atoms with Crippen molar-refractivity contribution in [3.05, 3.63) is 82.9 Å². The summed E-state index contributed by atoms with van der Waals surface area (Å²) in [6.07, 6.45) is 1.95. The molecule has 0 saturated carbocycles. The normalized spacial score (nSPS) is 14.2. The van der Waals surface area contributed by atoms with E-state index in [1.807, 2.05) is 76.7 Å². The SMILES string of the molecule is CN(C)CCCNc1ccc2c3c(cccc13)C(=O)N(CCSSCCN1C(=O)c3cccc4c(NCCCN(C)C)ccc(c34)C1=O)C2=O. The number of anilines is 2. The smallest absolute Gasteiger partial charge is 0.261 e. The molecular weight excluding hydrogens is 669 g/mol. The number of benzene rings is 4. The minimum atomic E-state index is -0.285. The number of carbonyl (C=O) groups is 4. The van der Waals surface area contributed by atoms with E-state index in [0.717, 1.165) is 61.2 Å². The van der Waals surface area contributed by atoms with Crippen molar-refractivity contribution in [2.24, 2.45) is 0 Å². The van der Waals surface area contributed by atoms with Crippen molar-refractivity contribution in [3.8, 4) is 0 Å². The molecule has 4 aromatic carbocycles. The predicted octanol–water partition coefficient (Wildman–Crippen LogP) is 5.99. The van der Waals surface area contributed by atoms with Gasteiger partial charge in [-0.2, -0.15) is 0 Å². The van der Waals surface area contributed by atoms with Crippen LogP contribution < -0.4 is 10.6 Å². The molecule has 2 N–H and O–H groups in total. The highest BCUT2D eigenvalue weighted by Crippen LogP contribution is 2.36. The number of carbonyl (C=O) groups excluding carboxylic acids is 4. The van der Waals surface area contributed by atoms with E-state index in [1.165, 1.54) is 31.4 Å². The van der Waals surface area contributed by atoms with Gasteiger partial charge in [-0.3, -0.25) is 29.0 Å². The second-order valence-corrected chi connectivity index (χ2v) is 15.8. The van der Waals surface area contributed by atoms with Gasteiger partial charge in [0.1, 0.15) is 0 Å². The van der Waals surface area contributed by atoms with Gasteiger partial charge in [0.25, 0.3) is 23.6 Å². The molecule has 0 aliphatic carbocycles. The molecule has 0 fully saturated rings. The molecule has 0 atom stereocenters. The minimum Gasteiger partial charge on any atom is -0.384 e. The Balaban J connectivity index is 1.03. The van der Waals surface area contributed by atoms with Crippen LogP contribution in [0.1, 0.15) is 54.3 Å². The van der Waals surface area contributed by atoms with Gasteiger partial charge in [-0.1, -0.05) is 45.9 Å². The van der Waals surface area contributed by atoms with Crippen LogP contribution in [0.25, 0.3) is 21.5 Å². The monoisotopic (exact) mass is 712 g/mol. The molecule has 50 heavy (non-hydrogen) atoms. The molecule has 0 aromatic heterocycles. The van der Waals surface area contributed by atoms with E-state index in [1.54, 1.807) is 12.1 Å². The van der Waals surface area contributed by atoms with Gasteiger partial charge >= 0.3 is 0 Å². The summed E-state index contributed by atoms with van der Waals surface area (Å²) >= 11 is 0. The van der Waals surface area contributed by atoms with Crippen molar-refractivity contribution in [3.63, 3.8) is 0 Å². The molecule has 6 rings (SSSR count). The zero-order chi connectivity index (χ0) is 35.4. The molecule has 4 amide bonds. The number of nitrogens with zero attached hydrogens (tertiary/aromatic N) is 4. The Labute approximate surface area is 301 Å². The first-order valence-electron chi connectivity index (χ1n) is 17.0. The highest BCUT2D eigenvalue weighted by atomic mass is 33.1. The average molecular weight is 713 g/mol. The Hall–Kier alpha value is -4.10. The lowest BCUT2D eigenvalue weighted by atomic mass is 9.93. The van der Waals surface area contributed by atoms with Crippen LogP contribution in [0.4, 0.5) is 11.4 Å². The highest BCUT2D eigenvalue weighted by Gasteiger charge is 2.34. The molecule has 0 radical (unpaired) electrons. The van der Waals surface area contributed by atoms with E-state index in [4.69, 9.17) is 0 Å². The molecule has 2 aliphatic rings. The van der Waals surface area contributed by atoms with Crippen LogP contribution in [-0.2, 0) is 0 Å². The van der Waals surface area contributed by atoms with Crippen molar-refractivity contribution >= 4 is 78.1 Å². The maximum absolute atomic E-state index is 13.5. The van der Waals surface area contributed by atoms with Gasteiger partial charge in [0, 0.05) is 92.9 Å². The fourth-order valence-corrected chi connectivity index (χ4v) is 8.52. The molecular formula is C38H44N6O4S2. The minimum absolute atomic E-state index is 0.262. The standard InChI is InChI=1S/C38H44N6O4S2/c1-41(2)19-7-17-39-31-15-13-29-33-25(31)9-5-11-27(33)35(45)43(37(29)47)21-23-49-50-24-22-44-36(46)28-12-6-10-26-32(40-18-8-20-42(3)4)16-14-30(34(26)28)38(44)48/h5-6,9-16,39-40H,7-8,17-24H2,1-4H3. The van der Waals surface area contributed by atoms with Crippen LogP contribution in [0.3, 0.4) is 0 Å². The maximum atomic E-state index is 13.5. The van der Waals surface area contributed by atoms with Crippen LogP contribution in [-0.4, -0.2) is 122 Å². The summed E-state index contributed by atoms with van der Waals surface area (Å²) in [6.45, 7) is 4.04. The molecule has 2 heterocycles. The number of nitrogens with one attached hydrogen (secondary N) is 2. The summed E-state index contributed by atoms with van der Waals surface area (Å²) in [4.78, 5) is 61.0. The van der Waals surface area contributed by atoms with Gasteiger partial charge in [0.05, 0.1) is 0 Å². The van der Waals surface area contributed by atoms with E-state index in [0.29, 0.717) is 44.5 Å². The third-order valence-corrected chi connectivity index (χ3v) is 11.4. The fraction of sp³-hybridized carbons (Fsp3) is 0.368. The van der Waals surface area contributed by atoms with Crippen molar-refractivity contribution in [2.75, 3.05) is 89.6 Å². The number of rotatable bonds is 17. The van der Waals surface area contributed by atoms with E-state index >= 15 is 0 Å². The molecule has 262 valence electrons. The second-order valence-electron chi connectivity index (χ2n) is 13.1. The van der Waals surface area contributed by atoms with Gasteiger partial charge in [-0.25, -0.2) is 0 Å². The average Bonchev–Trinajstić information content (AvgIpc) is 3.10. The van der Waals surface area contributed by atoms with Crippen LogP contribution in [0.2, 0.25) is 0 Å². The third-order valence-electron chi connectivity index (χ3n) is 9.06. The van der Waals surface area contributed by atoms with Gasteiger partial charge in [-0.05, 0) is 90.5 Å². The molecule has 0 saturated heterocycles. The Bertz CT molecular complexity index is 1760. The number of imide groups is 2. The number of hydrogen-bond acceptors (Lipinski definition) is 10. The van der Waals surface area contributed by atoms with E-state index in [-0.39, 0.29) is 36.7 Å². The Kier molecular flexibility index (Phi) is 11.3. The Morgan fingerprint density at radius 1 is 0.540 bits per heavy atom. The predicted molar refractivity (Wildman–Crippen MR) is 207 cm³/mol. The van der Waals surface area contributed by atoms with Crippen molar-refractivity contribution in [1.29, 1.82) is 0 Å². The molecule has 10 nitrogen and oxygen atoms in total. The Morgan fingerprint density at radius 3 is 1.30 bits per heavy atom. The first-order chi connectivity index (χ1) is 24.2. The summed E-state index contributed by atoms with van der Waals surface area (Å²) < 4.78 is 0. The third kappa shape index (κ3) is 7.34. The van der Waals surface area contributed by atoms with Crippen LogP contribution in [0.5, 0.6) is 0 Å². The van der Waals surface area contributed by atoms with Crippen LogP contribution >= 0.6 is 21.6 Å². The first kappa shape index (κ1) is 35.7. The summed E-state index contributed by atoms with van der Waals surface area (Å²) in [7, 11) is 11.2. The fourth-order valence-electron chi connectivity index (χ4n) is 6.62. The molecule has 0 bridgehead atoms. The molecule has 0 spiro atoms. The van der Waals surface area contributed by atoms with Crippen LogP contribution in [0.15, 0.2) is 60.7 Å². The zero-order valence-corrected chi connectivity index (χ0v) is 30.7. The number of amides is 4. The summed E-state index contributed by atoms with van der Waals surface area (Å²) in [5, 5.41) is 10.1. The summed E-state index contributed by atoms with van der Waals surface area (Å²) in [5.41, 5.74) is 3.99. The van der Waals surface area contributed by atoms with Crippen LogP contribution in [0, 0.1) is 0 Å². The summed E-state index contributed by atoms with van der Waals surface area (Å²) in [5.74, 6) is -0.0957. The molecule has 0 unspecified atom stereocenters. The van der Waals surface area contributed by atoms with Crippen molar-refractivity contribution in [1.82, 2.24) is 19.6 Å². The largest absolute Gasteiger partial charge is 0.384 e. The molecule has 4 aromatic rings. The van der Waals surface area contributed by atoms with Gasteiger partial charge in [0.15, 0.2) is 0 Å². The quantitative estimate of drug-likeness (QED) is 0.0771. The van der Waals surface area contributed by atoms with Gasteiger partial charge in [0.2, 0.25) is 0 Å². The lowest BCUT2D eigenvalue weighted by Gasteiger charge is -2.28. The van der Waals surface area contributed by atoms with E-state index < -0.39 is 0 Å². The van der Waals surface area contributed by atoms with E-state index in [2.05, 4.69) is 20.4 Å². The first-order valence-corrected chi connectivity index (χ1v) is 19.5. The van der Waals surface area contributed by atoms with E-state index in [9.17, 15) is 19.2 Å². The van der Waals surface area contributed by atoms with Crippen molar-refractivity contribution < 1.29 is 19.2 Å². The zero-order valence-electron chi connectivity index (χ0n) is 29.1. The maximum Gasteiger partial charge on any atom is 0.261 e. The lowest BCUT2D eigenvalue weighted by Crippen LogP contribution is -2.42. The molecule has 12 heteroatoms. The lowest BCUT2D eigenvalue weighted by molar-refractivity contribution is 0.0605. The topological polar surface area (TPSA) is 105 Å². The van der Waals surface area contributed by atoms with Crippen molar-refractivity contribution in [2.45, 2.75) is 12.8 Å². The molecule has 2 aliphatic heterocycles. The number of hydrogen-bond donors (Lipinski definition) is 2. The summed E-state index contributed by atoms with van der Waals surface area (Å²) in [6, 6.07) is 18.7. The van der Waals surface area contributed by atoms with Gasteiger partial charge in [-0.15, -0.1) is 0 Å². The Morgan fingerprint density at radius 2 is 0.920 bits per heavy atom. The highest BCUT2D eigenvalue weighted by molar-refractivity contribution is 8.76.